The molecule has 2 N–H and O–H groups in total. The first kappa shape index (κ1) is 15.3. The number of hydrogen-bond donors (Lipinski definition) is 2. The average molecular weight is 302 g/mol. The predicted octanol–water partition coefficient (Wildman–Crippen LogP) is 2.71. The van der Waals surface area contributed by atoms with Gasteiger partial charge in [0, 0.05) is 36.8 Å². The zero-order valence-electron chi connectivity index (χ0n) is 11.7. The molecule has 0 amide bonds. The van der Waals surface area contributed by atoms with E-state index in [0.29, 0.717) is 11.6 Å². The second-order valence-electron chi connectivity index (χ2n) is 4.60. The molecule has 21 heavy (non-hydrogen) atoms. The van der Waals surface area contributed by atoms with Gasteiger partial charge in [-0.15, -0.1) is 0 Å². The molecule has 0 radical (unpaired) electrons. The van der Waals surface area contributed by atoms with E-state index in [1.807, 2.05) is 19.1 Å². The van der Waals surface area contributed by atoms with Crippen LogP contribution in [0.3, 0.4) is 0 Å². The highest BCUT2D eigenvalue weighted by Gasteiger charge is 2.06. The lowest BCUT2D eigenvalue weighted by Crippen LogP contribution is -2.17. The molecule has 1 atom stereocenters. The third-order valence-corrected chi connectivity index (χ3v) is 3.04. The first-order valence-corrected chi connectivity index (χ1v) is 7.02. The largest absolute Gasteiger partial charge is 0.396 e. The van der Waals surface area contributed by atoms with Gasteiger partial charge in [-0.1, -0.05) is 23.4 Å². The summed E-state index contributed by atoms with van der Waals surface area (Å²) in [6.07, 6.45) is 5.70. The Bertz CT molecular complexity index is 650. The Balaban J connectivity index is 2.25. The van der Waals surface area contributed by atoms with Gasteiger partial charge in [-0.25, -0.2) is 4.98 Å². The molecule has 2 heterocycles. The molecule has 0 aromatic carbocycles. The minimum absolute atomic E-state index is 0.118. The fraction of sp³-hybridized carbons (Fsp3) is 0.250. The van der Waals surface area contributed by atoms with Gasteiger partial charge in [-0.3, -0.25) is 4.98 Å². The molecule has 0 aliphatic rings. The molecule has 108 valence electrons. The van der Waals surface area contributed by atoms with Gasteiger partial charge in [0.15, 0.2) is 0 Å². The van der Waals surface area contributed by atoms with Gasteiger partial charge in [0.25, 0.3) is 0 Å². The summed E-state index contributed by atoms with van der Waals surface area (Å²) < 4.78 is 0. The molecule has 2 rings (SSSR count). The van der Waals surface area contributed by atoms with Crippen molar-refractivity contribution < 1.29 is 5.11 Å². The van der Waals surface area contributed by atoms with Gasteiger partial charge >= 0.3 is 0 Å². The van der Waals surface area contributed by atoms with Crippen molar-refractivity contribution in [2.24, 2.45) is 0 Å². The van der Waals surface area contributed by atoms with Crippen LogP contribution in [0.4, 0.5) is 5.69 Å². The summed E-state index contributed by atoms with van der Waals surface area (Å²) in [7, 11) is 0. The van der Waals surface area contributed by atoms with E-state index < -0.39 is 0 Å². The Kier molecular flexibility index (Phi) is 5.56. The highest BCUT2D eigenvalue weighted by Crippen LogP contribution is 2.19. The van der Waals surface area contributed by atoms with Crippen LogP contribution in [0.15, 0.2) is 36.8 Å². The SMILES string of the molecule is C[C@@H](CCO)Nc1cc(Cl)ncc1C#Cc1cccnc1. The number of aliphatic hydroxyl groups excluding tert-OH is 1. The van der Waals surface area contributed by atoms with Crippen molar-refractivity contribution in [3.8, 4) is 11.8 Å². The van der Waals surface area contributed by atoms with Crippen molar-refractivity contribution in [3.63, 3.8) is 0 Å². The number of rotatable bonds is 4. The summed E-state index contributed by atoms with van der Waals surface area (Å²) in [6.45, 7) is 2.12. The summed E-state index contributed by atoms with van der Waals surface area (Å²) in [4.78, 5) is 8.09. The first-order valence-electron chi connectivity index (χ1n) is 6.64. The topological polar surface area (TPSA) is 58.0 Å². The highest BCUT2D eigenvalue weighted by molar-refractivity contribution is 6.29. The van der Waals surface area contributed by atoms with Gasteiger partial charge in [-0.05, 0) is 31.5 Å². The van der Waals surface area contributed by atoms with Crippen molar-refractivity contribution in [1.82, 2.24) is 9.97 Å². The second-order valence-corrected chi connectivity index (χ2v) is 4.99. The summed E-state index contributed by atoms with van der Waals surface area (Å²) in [5, 5.41) is 12.7. The summed E-state index contributed by atoms with van der Waals surface area (Å²) in [6, 6.07) is 5.59. The molecule has 0 fully saturated rings. The van der Waals surface area contributed by atoms with Crippen molar-refractivity contribution in [1.29, 1.82) is 0 Å². The van der Waals surface area contributed by atoms with Crippen molar-refractivity contribution in [2.75, 3.05) is 11.9 Å². The predicted molar refractivity (Wildman–Crippen MR) is 84.3 cm³/mol. The van der Waals surface area contributed by atoms with Crippen LogP contribution in [0, 0.1) is 11.8 Å². The molecule has 0 saturated heterocycles. The maximum Gasteiger partial charge on any atom is 0.131 e. The lowest BCUT2D eigenvalue weighted by molar-refractivity contribution is 0.282. The molecule has 0 bridgehead atoms. The van der Waals surface area contributed by atoms with Crippen LogP contribution in [0.5, 0.6) is 0 Å². The van der Waals surface area contributed by atoms with Gasteiger partial charge in [0.2, 0.25) is 0 Å². The fourth-order valence-corrected chi connectivity index (χ4v) is 1.91. The summed E-state index contributed by atoms with van der Waals surface area (Å²) in [5.41, 5.74) is 2.40. The van der Waals surface area contributed by atoms with E-state index in [2.05, 4.69) is 27.1 Å². The number of aromatic nitrogens is 2. The lowest BCUT2D eigenvalue weighted by atomic mass is 10.1. The summed E-state index contributed by atoms with van der Waals surface area (Å²) >= 11 is 5.94. The Morgan fingerprint density at radius 3 is 2.95 bits per heavy atom. The molecule has 0 saturated carbocycles. The third-order valence-electron chi connectivity index (χ3n) is 2.84. The number of nitrogens with zero attached hydrogens (tertiary/aromatic N) is 2. The van der Waals surface area contributed by atoms with E-state index in [0.717, 1.165) is 16.8 Å². The molecule has 0 aliphatic carbocycles. The molecule has 5 heteroatoms. The van der Waals surface area contributed by atoms with Gasteiger partial charge < -0.3 is 10.4 Å². The zero-order valence-corrected chi connectivity index (χ0v) is 12.4. The molecule has 0 aliphatic heterocycles. The van der Waals surface area contributed by atoms with Crippen LogP contribution < -0.4 is 5.32 Å². The van der Waals surface area contributed by atoms with Gasteiger partial charge in [0.1, 0.15) is 5.15 Å². The number of pyridine rings is 2. The maximum absolute atomic E-state index is 8.98. The second kappa shape index (κ2) is 7.63. The standard InChI is InChI=1S/C16H16ClN3O/c1-12(6-8-21)20-15-9-16(17)19-11-14(15)5-4-13-3-2-7-18-10-13/h2-3,7,9-12,21H,6,8H2,1H3,(H,19,20)/t12-/m0/s1. The first-order chi connectivity index (χ1) is 10.2. The Morgan fingerprint density at radius 1 is 1.38 bits per heavy atom. The monoisotopic (exact) mass is 301 g/mol. The van der Waals surface area contributed by atoms with E-state index in [1.54, 1.807) is 24.7 Å². The molecule has 2 aromatic rings. The molecule has 0 spiro atoms. The van der Waals surface area contributed by atoms with Crippen molar-refractivity contribution in [3.05, 3.63) is 53.1 Å². The Morgan fingerprint density at radius 2 is 2.24 bits per heavy atom. The molecular weight excluding hydrogens is 286 g/mol. The molecule has 4 nitrogen and oxygen atoms in total. The third kappa shape index (κ3) is 4.75. The molecule has 0 unspecified atom stereocenters. The summed E-state index contributed by atoms with van der Waals surface area (Å²) in [5.74, 6) is 6.11. The van der Waals surface area contributed by atoms with E-state index in [4.69, 9.17) is 16.7 Å². The lowest BCUT2D eigenvalue weighted by Gasteiger charge is -2.15. The van der Waals surface area contributed by atoms with Crippen LogP contribution in [0.2, 0.25) is 5.15 Å². The van der Waals surface area contributed by atoms with Gasteiger partial charge in [0.05, 0.1) is 11.3 Å². The zero-order chi connectivity index (χ0) is 15.1. The van der Waals surface area contributed by atoms with E-state index in [-0.39, 0.29) is 12.6 Å². The minimum atomic E-state index is 0.118. The van der Waals surface area contributed by atoms with E-state index >= 15 is 0 Å². The van der Waals surface area contributed by atoms with E-state index in [9.17, 15) is 0 Å². The normalized spacial score (nSPS) is 11.4. The Hall–Kier alpha value is -2.09. The fourth-order valence-electron chi connectivity index (χ4n) is 1.76. The minimum Gasteiger partial charge on any atom is -0.396 e. The van der Waals surface area contributed by atoms with E-state index in [1.165, 1.54) is 0 Å². The molecule has 2 aromatic heterocycles. The van der Waals surface area contributed by atoms with Crippen LogP contribution in [0.25, 0.3) is 0 Å². The number of halogens is 1. The number of hydrogen-bond acceptors (Lipinski definition) is 4. The van der Waals surface area contributed by atoms with Crippen molar-refractivity contribution in [2.45, 2.75) is 19.4 Å². The van der Waals surface area contributed by atoms with Crippen LogP contribution in [-0.4, -0.2) is 27.7 Å². The number of anilines is 1. The average Bonchev–Trinajstić information content (AvgIpc) is 2.48. The highest BCUT2D eigenvalue weighted by atomic mass is 35.5. The number of nitrogens with one attached hydrogen (secondary N) is 1. The van der Waals surface area contributed by atoms with Crippen molar-refractivity contribution >= 4 is 17.3 Å². The smallest absolute Gasteiger partial charge is 0.131 e. The van der Waals surface area contributed by atoms with Crippen LogP contribution in [0.1, 0.15) is 24.5 Å². The quantitative estimate of drug-likeness (QED) is 0.673. The Labute approximate surface area is 129 Å². The number of aliphatic hydroxyl groups is 1. The van der Waals surface area contributed by atoms with Crippen LogP contribution in [-0.2, 0) is 0 Å². The van der Waals surface area contributed by atoms with Gasteiger partial charge in [-0.2, -0.15) is 0 Å². The maximum atomic E-state index is 8.98. The molecular formula is C16H16ClN3O. The van der Waals surface area contributed by atoms with Crippen LogP contribution >= 0.6 is 11.6 Å².